The molecule has 2 aliphatic heterocycles. The quantitative estimate of drug-likeness (QED) is 0.149. The van der Waals surface area contributed by atoms with Crippen molar-refractivity contribution in [1.29, 1.82) is 0 Å². The SMILES string of the molecule is CCC(=O)c1ccc(CCl)cc1.CCC(=O)c1ccc(CN2CCC(=O)CC2)cc1.Cl.O=C1CCNCC1.O=[C-][O-].[K+].[K+].[OH-]. The number of likely N-dealkylation sites (tertiary alicyclic amines) is 1. The number of rotatable bonds is 7. The number of nitrogens with zero attached hydrogens (tertiary/aromatic N) is 1. The minimum atomic E-state index is 0. The van der Waals surface area contributed by atoms with E-state index in [9.17, 15) is 19.2 Å². The van der Waals surface area contributed by atoms with E-state index in [0.29, 0.717) is 43.1 Å². The molecule has 234 valence electrons. The van der Waals surface area contributed by atoms with Crippen molar-refractivity contribution in [1.82, 2.24) is 10.2 Å². The van der Waals surface area contributed by atoms with Crippen LogP contribution in [-0.4, -0.2) is 66.2 Å². The fraction of sp³-hybridized carbons (Fsp3) is 0.452. The van der Waals surface area contributed by atoms with Crippen LogP contribution in [0.1, 0.15) is 84.2 Å². The third-order valence-corrected chi connectivity index (χ3v) is 6.64. The number of benzene rings is 2. The Labute approximate surface area is 357 Å². The third kappa shape index (κ3) is 22.8. The van der Waals surface area contributed by atoms with E-state index >= 15 is 0 Å². The van der Waals surface area contributed by atoms with Crippen molar-refractivity contribution in [3.63, 3.8) is 0 Å². The van der Waals surface area contributed by atoms with E-state index < -0.39 is 0 Å². The Morgan fingerprint density at radius 1 is 0.795 bits per heavy atom. The molecule has 0 bridgehead atoms. The number of hydrogen-bond donors (Lipinski definition) is 1. The number of piperidine rings is 2. The van der Waals surface area contributed by atoms with Gasteiger partial charge in [0.15, 0.2) is 11.6 Å². The molecule has 2 aliphatic rings. The standard InChI is InChI=1S/C15H19NO2.C10H11ClO.C5H9NO.CO2.ClH.2K.H2O/c1-2-15(18)13-5-3-12(4-6-13)11-16-9-7-14(17)8-10-16;1-2-10(12)9-5-3-8(7-11)4-6-9;7-5-1-3-6-4-2-5;2-1-3;;;;/h3-6H,2,7-11H2,1H3;3-6H,2,7H2,1H3;6H,1-4H2;;1H;;;1H2/q;;;-2;;2*+1;/p-1. The molecule has 44 heavy (non-hydrogen) atoms. The maximum Gasteiger partial charge on any atom is 1.00 e. The summed E-state index contributed by atoms with van der Waals surface area (Å²) in [6.45, 7) is 8.34. The summed E-state index contributed by atoms with van der Waals surface area (Å²) in [5.74, 6) is 1.63. The molecule has 2 aromatic carbocycles. The molecule has 2 aromatic rings. The second kappa shape index (κ2) is 31.9. The van der Waals surface area contributed by atoms with Gasteiger partial charge in [-0.1, -0.05) is 62.4 Å². The molecular formula is C31H41Cl2K2N2O7-. The molecule has 0 radical (unpaired) electrons. The van der Waals surface area contributed by atoms with Gasteiger partial charge in [-0.25, -0.2) is 0 Å². The number of Topliss-reactive ketones (excluding diaryl/α,β-unsaturated/α-hetero) is 4. The number of nitrogens with one attached hydrogen (secondary N) is 1. The number of carbonyl (C=O) groups is 4. The second-order valence-corrected chi connectivity index (χ2v) is 9.54. The van der Waals surface area contributed by atoms with Crippen LogP contribution in [0.2, 0.25) is 0 Å². The summed E-state index contributed by atoms with van der Waals surface area (Å²) in [7, 11) is 0. The van der Waals surface area contributed by atoms with Gasteiger partial charge in [-0.15, -0.1) is 24.0 Å². The zero-order valence-electron chi connectivity index (χ0n) is 26.2. The van der Waals surface area contributed by atoms with Gasteiger partial charge in [0.2, 0.25) is 0 Å². The normalized spacial score (nSPS) is 13.4. The monoisotopic (exact) mass is 701 g/mol. The molecule has 2 heterocycles. The number of ketones is 4. The van der Waals surface area contributed by atoms with Gasteiger partial charge in [0.25, 0.3) is 0 Å². The van der Waals surface area contributed by atoms with Gasteiger partial charge in [0.1, 0.15) is 11.6 Å². The Kier molecular flexibility index (Phi) is 37.1. The van der Waals surface area contributed by atoms with Crippen LogP contribution in [0.25, 0.3) is 0 Å². The van der Waals surface area contributed by atoms with E-state index in [1.54, 1.807) is 0 Å². The Bertz CT molecular complexity index is 1070. The van der Waals surface area contributed by atoms with Crippen molar-refractivity contribution >= 4 is 53.6 Å². The molecule has 0 unspecified atom stereocenters. The summed E-state index contributed by atoms with van der Waals surface area (Å²) in [4.78, 5) is 54.7. The molecule has 9 nitrogen and oxygen atoms in total. The van der Waals surface area contributed by atoms with E-state index in [2.05, 4.69) is 10.2 Å². The average Bonchev–Trinajstić information content (AvgIpc) is 2.99. The predicted molar refractivity (Wildman–Crippen MR) is 163 cm³/mol. The molecule has 0 amide bonds. The summed E-state index contributed by atoms with van der Waals surface area (Å²) in [5.41, 5.74) is 3.81. The fourth-order valence-electron chi connectivity index (χ4n) is 3.91. The number of halogens is 2. The van der Waals surface area contributed by atoms with Gasteiger partial charge in [-0.05, 0) is 11.1 Å². The molecule has 0 atom stereocenters. The summed E-state index contributed by atoms with van der Waals surface area (Å²) in [6.07, 6.45) is 3.92. The van der Waals surface area contributed by atoms with E-state index in [1.165, 1.54) is 5.56 Å². The molecular weight excluding hydrogens is 661 g/mol. The average molecular weight is 703 g/mol. The maximum absolute atomic E-state index is 11.5. The first-order valence-electron chi connectivity index (χ1n) is 13.5. The molecule has 2 saturated heterocycles. The molecule has 0 aromatic heterocycles. The summed E-state index contributed by atoms with van der Waals surface area (Å²) in [5, 5.41) is 11.2. The first-order chi connectivity index (χ1) is 19.3. The second-order valence-electron chi connectivity index (χ2n) is 9.27. The van der Waals surface area contributed by atoms with Crippen LogP contribution in [0.15, 0.2) is 48.5 Å². The first-order valence-corrected chi connectivity index (χ1v) is 14.1. The van der Waals surface area contributed by atoms with E-state index in [-0.39, 0.29) is 139 Å². The molecule has 4 rings (SSSR count). The van der Waals surface area contributed by atoms with Crippen LogP contribution in [0, 0.1) is 0 Å². The Balaban J connectivity index is -0.000000269. The van der Waals surface area contributed by atoms with Crippen molar-refractivity contribution in [3.05, 3.63) is 70.8 Å². The van der Waals surface area contributed by atoms with Crippen LogP contribution in [0.3, 0.4) is 0 Å². The summed E-state index contributed by atoms with van der Waals surface area (Å²) in [6, 6.07) is 15.2. The van der Waals surface area contributed by atoms with Crippen molar-refractivity contribution < 1.29 is 137 Å². The van der Waals surface area contributed by atoms with Gasteiger partial charge in [-0.3, -0.25) is 24.1 Å². The van der Waals surface area contributed by atoms with Crippen LogP contribution in [-0.2, 0) is 26.8 Å². The molecule has 13 heteroatoms. The van der Waals surface area contributed by atoms with Crippen molar-refractivity contribution in [3.8, 4) is 0 Å². The van der Waals surface area contributed by atoms with Crippen molar-refractivity contribution in [2.75, 3.05) is 26.2 Å². The number of alkyl halides is 1. The molecule has 2 N–H and O–H groups in total. The van der Waals surface area contributed by atoms with Gasteiger partial charge in [-0.2, -0.15) is 0 Å². The van der Waals surface area contributed by atoms with Gasteiger partial charge in [0.05, 0.1) is 0 Å². The van der Waals surface area contributed by atoms with Crippen LogP contribution >= 0.6 is 24.0 Å². The third-order valence-electron chi connectivity index (χ3n) is 6.33. The Morgan fingerprint density at radius 2 is 1.16 bits per heavy atom. The maximum atomic E-state index is 11.5. The minimum Gasteiger partial charge on any atom is -0.870 e. The van der Waals surface area contributed by atoms with Gasteiger partial charge >= 0.3 is 103 Å². The number of hydrogen-bond acceptors (Lipinski definition) is 9. The smallest absolute Gasteiger partial charge is 0.870 e. The van der Waals surface area contributed by atoms with E-state index in [1.807, 2.05) is 62.4 Å². The first kappa shape index (κ1) is 51.2. The summed E-state index contributed by atoms with van der Waals surface area (Å²) < 4.78 is 0. The van der Waals surface area contributed by atoms with Crippen LogP contribution in [0.5, 0.6) is 0 Å². The van der Waals surface area contributed by atoms with Crippen LogP contribution < -0.4 is 113 Å². The van der Waals surface area contributed by atoms with Crippen molar-refractivity contribution in [2.45, 2.75) is 64.8 Å². The molecule has 0 spiro atoms. The molecule has 0 saturated carbocycles. The molecule has 0 aliphatic carbocycles. The Hall–Kier alpha value is 0.323. The Morgan fingerprint density at radius 3 is 1.48 bits per heavy atom. The number of carbonyl (C=O) groups excluding carboxylic acids is 5. The van der Waals surface area contributed by atoms with Gasteiger partial charge < -0.3 is 27.2 Å². The zero-order chi connectivity index (χ0) is 29.8. The topological polar surface area (TPSA) is 154 Å². The van der Waals surface area contributed by atoms with Crippen molar-refractivity contribution in [2.24, 2.45) is 0 Å². The van der Waals surface area contributed by atoms with E-state index in [0.717, 1.165) is 62.3 Å². The van der Waals surface area contributed by atoms with E-state index in [4.69, 9.17) is 21.5 Å². The molecule has 2 fully saturated rings. The predicted octanol–water partition coefficient (Wildman–Crippen LogP) is -2.07. The summed E-state index contributed by atoms with van der Waals surface area (Å²) >= 11 is 5.61. The minimum absolute atomic E-state index is 0. The van der Waals surface area contributed by atoms with Gasteiger partial charge in [0, 0.05) is 88.3 Å². The largest absolute Gasteiger partial charge is 1.00 e. The van der Waals surface area contributed by atoms with Crippen LogP contribution in [0.4, 0.5) is 0 Å². The zero-order valence-corrected chi connectivity index (χ0v) is 34.1. The fourth-order valence-corrected chi connectivity index (χ4v) is 4.09.